The van der Waals surface area contributed by atoms with Gasteiger partial charge in [-0.2, -0.15) is 0 Å². The predicted molar refractivity (Wildman–Crippen MR) is 74.7 cm³/mol. The summed E-state index contributed by atoms with van der Waals surface area (Å²) in [5, 5.41) is 4.13. The third kappa shape index (κ3) is 3.74. The Balaban J connectivity index is 2.08. The second-order valence-electron chi connectivity index (χ2n) is 4.16. The molecule has 18 heavy (non-hydrogen) atoms. The fourth-order valence-electron chi connectivity index (χ4n) is 1.92. The minimum Gasteiger partial charge on any atom is -0.399 e. The normalized spacial score (nSPS) is 9.83. The Morgan fingerprint density at radius 3 is 1.67 bits per heavy atom. The zero-order valence-corrected chi connectivity index (χ0v) is 10.5. The Morgan fingerprint density at radius 1 is 0.833 bits per heavy atom. The molecule has 2 rings (SSSR count). The van der Waals surface area contributed by atoms with Gasteiger partial charge in [0.1, 0.15) is 7.11 Å². The average molecular weight is 239 g/mol. The highest BCUT2D eigenvalue weighted by molar-refractivity contribution is 5.88. The van der Waals surface area contributed by atoms with Gasteiger partial charge < -0.3 is 4.84 Å². The zero-order valence-electron chi connectivity index (χ0n) is 10.5. The van der Waals surface area contributed by atoms with E-state index in [1.165, 1.54) is 11.1 Å². The molecular weight excluding hydrogens is 222 g/mol. The quantitative estimate of drug-likeness (QED) is 0.578. The third-order valence-corrected chi connectivity index (χ3v) is 2.72. The van der Waals surface area contributed by atoms with Gasteiger partial charge in [0, 0.05) is 12.8 Å². The summed E-state index contributed by atoms with van der Waals surface area (Å²) in [5.41, 5.74) is 3.54. The maximum atomic E-state index is 4.94. The van der Waals surface area contributed by atoms with Gasteiger partial charge in [-0.3, -0.25) is 0 Å². The first kappa shape index (κ1) is 12.4. The van der Waals surface area contributed by atoms with Crippen molar-refractivity contribution in [3.63, 3.8) is 0 Å². The highest BCUT2D eigenvalue weighted by atomic mass is 16.6. The molecule has 0 aliphatic heterocycles. The minimum absolute atomic E-state index is 0.823. The van der Waals surface area contributed by atoms with Gasteiger partial charge in [-0.05, 0) is 11.1 Å². The van der Waals surface area contributed by atoms with E-state index in [9.17, 15) is 0 Å². The van der Waals surface area contributed by atoms with Gasteiger partial charge in [0.15, 0.2) is 0 Å². The first-order valence-corrected chi connectivity index (χ1v) is 6.05. The lowest BCUT2D eigenvalue weighted by Crippen LogP contribution is -2.07. The van der Waals surface area contributed by atoms with E-state index in [0.29, 0.717) is 0 Å². The van der Waals surface area contributed by atoms with Crippen LogP contribution in [0.1, 0.15) is 11.1 Å². The van der Waals surface area contributed by atoms with E-state index in [-0.39, 0.29) is 0 Å². The van der Waals surface area contributed by atoms with Crippen LogP contribution in [0.25, 0.3) is 0 Å². The summed E-state index contributed by atoms with van der Waals surface area (Å²) in [5.74, 6) is 0. The third-order valence-electron chi connectivity index (χ3n) is 2.72. The predicted octanol–water partition coefficient (Wildman–Crippen LogP) is 3.47. The molecule has 0 radical (unpaired) electrons. The van der Waals surface area contributed by atoms with Gasteiger partial charge in [0.25, 0.3) is 0 Å². The minimum atomic E-state index is 0.823. The summed E-state index contributed by atoms with van der Waals surface area (Å²) < 4.78 is 0. The van der Waals surface area contributed by atoms with Gasteiger partial charge >= 0.3 is 0 Å². The molecule has 0 fully saturated rings. The van der Waals surface area contributed by atoms with Crippen molar-refractivity contribution in [2.24, 2.45) is 5.16 Å². The van der Waals surface area contributed by atoms with Gasteiger partial charge in [-0.15, -0.1) is 0 Å². The first-order chi connectivity index (χ1) is 8.88. The van der Waals surface area contributed by atoms with Gasteiger partial charge in [-0.1, -0.05) is 65.8 Å². The van der Waals surface area contributed by atoms with Crippen LogP contribution in [0.2, 0.25) is 0 Å². The Kier molecular flexibility index (Phi) is 4.53. The molecule has 0 saturated heterocycles. The van der Waals surface area contributed by atoms with Gasteiger partial charge in [0.05, 0.1) is 5.71 Å². The Hall–Kier alpha value is -2.09. The molecule has 0 aliphatic carbocycles. The summed E-state index contributed by atoms with van der Waals surface area (Å²) >= 11 is 0. The maximum absolute atomic E-state index is 4.94. The monoisotopic (exact) mass is 239 g/mol. The van der Waals surface area contributed by atoms with Crippen molar-refractivity contribution in [2.45, 2.75) is 12.8 Å². The smallest absolute Gasteiger partial charge is 0.106 e. The van der Waals surface area contributed by atoms with Crippen molar-refractivity contribution in [1.82, 2.24) is 0 Å². The number of hydrogen-bond donors (Lipinski definition) is 0. The molecule has 92 valence electrons. The van der Waals surface area contributed by atoms with E-state index in [0.717, 1.165) is 18.6 Å². The van der Waals surface area contributed by atoms with E-state index < -0.39 is 0 Å². The lowest BCUT2D eigenvalue weighted by atomic mass is 10.0. The van der Waals surface area contributed by atoms with E-state index in [1.54, 1.807) is 7.11 Å². The Morgan fingerprint density at radius 2 is 1.28 bits per heavy atom. The SMILES string of the molecule is CON=C(Cc1ccccc1)Cc1ccccc1. The second-order valence-corrected chi connectivity index (χ2v) is 4.16. The van der Waals surface area contributed by atoms with Crippen molar-refractivity contribution in [2.75, 3.05) is 7.11 Å². The Labute approximate surface area is 108 Å². The summed E-state index contributed by atoms with van der Waals surface area (Å²) in [4.78, 5) is 4.94. The molecule has 0 saturated carbocycles. The van der Waals surface area contributed by atoms with E-state index in [2.05, 4.69) is 29.4 Å². The molecule has 0 heterocycles. The molecule has 0 N–H and O–H groups in total. The van der Waals surface area contributed by atoms with Gasteiger partial charge in [0.2, 0.25) is 0 Å². The van der Waals surface area contributed by atoms with Crippen LogP contribution >= 0.6 is 0 Å². The lowest BCUT2D eigenvalue weighted by molar-refractivity contribution is 0.212. The lowest BCUT2D eigenvalue weighted by Gasteiger charge is -2.06. The van der Waals surface area contributed by atoms with Crippen molar-refractivity contribution in [3.05, 3.63) is 71.8 Å². The van der Waals surface area contributed by atoms with Crippen molar-refractivity contribution in [1.29, 1.82) is 0 Å². The molecule has 2 aromatic carbocycles. The summed E-state index contributed by atoms with van der Waals surface area (Å²) in [6.45, 7) is 0. The number of oxime groups is 1. The molecule has 0 unspecified atom stereocenters. The van der Waals surface area contributed by atoms with E-state index in [1.807, 2.05) is 36.4 Å². The van der Waals surface area contributed by atoms with Crippen LogP contribution in [0.5, 0.6) is 0 Å². The Bertz CT molecular complexity index is 448. The van der Waals surface area contributed by atoms with E-state index >= 15 is 0 Å². The molecule has 0 amide bonds. The summed E-state index contributed by atoms with van der Waals surface area (Å²) in [7, 11) is 1.59. The summed E-state index contributed by atoms with van der Waals surface area (Å²) in [6, 6.07) is 20.6. The zero-order chi connectivity index (χ0) is 12.6. The molecular formula is C16H17NO. The van der Waals surface area contributed by atoms with Gasteiger partial charge in [-0.25, -0.2) is 0 Å². The van der Waals surface area contributed by atoms with Crippen LogP contribution in [0.3, 0.4) is 0 Å². The standard InChI is InChI=1S/C16H17NO/c1-18-17-16(12-14-8-4-2-5-9-14)13-15-10-6-3-7-11-15/h2-11H,12-13H2,1H3. The second kappa shape index (κ2) is 6.60. The molecule has 0 atom stereocenters. The number of benzene rings is 2. The number of nitrogens with zero attached hydrogens (tertiary/aromatic N) is 1. The first-order valence-electron chi connectivity index (χ1n) is 6.05. The summed E-state index contributed by atoms with van der Waals surface area (Å²) in [6.07, 6.45) is 1.65. The van der Waals surface area contributed by atoms with Crippen molar-refractivity contribution < 1.29 is 4.84 Å². The fraction of sp³-hybridized carbons (Fsp3) is 0.188. The molecule has 0 aromatic heterocycles. The topological polar surface area (TPSA) is 21.6 Å². The van der Waals surface area contributed by atoms with Crippen LogP contribution in [-0.4, -0.2) is 12.8 Å². The highest BCUT2D eigenvalue weighted by Crippen LogP contribution is 2.07. The van der Waals surface area contributed by atoms with Crippen LogP contribution in [0.15, 0.2) is 65.8 Å². The molecule has 2 heteroatoms. The molecule has 2 aromatic rings. The van der Waals surface area contributed by atoms with Crippen LogP contribution in [0, 0.1) is 0 Å². The molecule has 0 spiro atoms. The van der Waals surface area contributed by atoms with Crippen molar-refractivity contribution >= 4 is 5.71 Å². The van der Waals surface area contributed by atoms with Crippen molar-refractivity contribution in [3.8, 4) is 0 Å². The molecule has 0 bridgehead atoms. The highest BCUT2D eigenvalue weighted by Gasteiger charge is 2.04. The number of rotatable bonds is 5. The maximum Gasteiger partial charge on any atom is 0.106 e. The molecule has 2 nitrogen and oxygen atoms in total. The fourth-order valence-corrected chi connectivity index (χ4v) is 1.92. The average Bonchev–Trinajstić information content (AvgIpc) is 2.41. The van der Waals surface area contributed by atoms with Crippen LogP contribution in [0.4, 0.5) is 0 Å². The van der Waals surface area contributed by atoms with Crippen LogP contribution < -0.4 is 0 Å². The largest absolute Gasteiger partial charge is 0.399 e. The number of hydrogen-bond acceptors (Lipinski definition) is 2. The van der Waals surface area contributed by atoms with Crippen LogP contribution in [-0.2, 0) is 17.7 Å². The molecule has 0 aliphatic rings. The van der Waals surface area contributed by atoms with E-state index in [4.69, 9.17) is 4.84 Å².